The third-order valence-electron chi connectivity index (χ3n) is 3.70. The van der Waals surface area contributed by atoms with Crippen LogP contribution in [-0.4, -0.2) is 31.2 Å². The summed E-state index contributed by atoms with van der Waals surface area (Å²) in [5.74, 6) is -0.366. The molecule has 126 valence electrons. The molecule has 0 saturated heterocycles. The van der Waals surface area contributed by atoms with Gasteiger partial charge in [-0.25, -0.2) is 13.6 Å². The first-order valence-corrected chi connectivity index (χ1v) is 7.16. The summed E-state index contributed by atoms with van der Waals surface area (Å²) >= 11 is 0. The summed E-state index contributed by atoms with van der Waals surface area (Å²) in [5.41, 5.74) is 0.304. The Labute approximate surface area is 135 Å². The number of rotatable bonds is 4. The number of amides is 1. The van der Waals surface area contributed by atoms with Gasteiger partial charge in [0.1, 0.15) is 12.2 Å². The number of anilines is 1. The number of nitrogens with one attached hydrogen (secondary N) is 1. The van der Waals surface area contributed by atoms with Crippen molar-refractivity contribution in [2.24, 2.45) is 14.1 Å². The van der Waals surface area contributed by atoms with Crippen LogP contribution in [0.4, 0.5) is 14.6 Å². The van der Waals surface area contributed by atoms with Crippen molar-refractivity contribution in [3.05, 3.63) is 46.6 Å². The quantitative estimate of drug-likeness (QED) is 0.787. The highest BCUT2D eigenvalue weighted by molar-refractivity contribution is 6.07. The van der Waals surface area contributed by atoms with Crippen molar-refractivity contribution in [1.82, 2.24) is 18.9 Å². The lowest BCUT2D eigenvalue weighted by atomic mass is 10.2. The lowest BCUT2D eigenvalue weighted by molar-refractivity contribution is 0.101. The Kier molecular flexibility index (Phi) is 3.92. The molecule has 3 aromatic rings. The molecule has 0 radical (unpaired) electrons. The fraction of sp³-hybridized carbons (Fsp3) is 0.267. The van der Waals surface area contributed by atoms with Gasteiger partial charge in [-0.1, -0.05) is 12.1 Å². The van der Waals surface area contributed by atoms with Crippen LogP contribution in [-0.2, 0) is 20.6 Å². The summed E-state index contributed by atoms with van der Waals surface area (Å²) in [7, 11) is 3.01. The number of halogens is 2. The van der Waals surface area contributed by atoms with Crippen LogP contribution in [0.15, 0.2) is 35.3 Å². The fourth-order valence-electron chi connectivity index (χ4n) is 2.54. The number of alkyl halides is 2. The number of benzene rings is 1. The maximum Gasteiger partial charge on any atom is 0.328 e. The third kappa shape index (κ3) is 2.68. The summed E-state index contributed by atoms with van der Waals surface area (Å²) in [6, 6.07) is 6.77. The number of aryl methyl sites for hydroxylation is 1. The monoisotopic (exact) mass is 335 g/mol. The van der Waals surface area contributed by atoms with E-state index in [1.807, 2.05) is 0 Å². The molecule has 0 spiro atoms. The molecule has 7 nitrogen and oxygen atoms in total. The summed E-state index contributed by atoms with van der Waals surface area (Å²) in [6.45, 7) is -0.569. The minimum absolute atomic E-state index is 0.148. The normalized spacial score (nSPS) is 11.4. The van der Waals surface area contributed by atoms with Crippen LogP contribution in [0.2, 0.25) is 0 Å². The van der Waals surface area contributed by atoms with Crippen LogP contribution in [0.3, 0.4) is 0 Å². The molecule has 3 rings (SSSR count). The van der Waals surface area contributed by atoms with E-state index in [1.54, 1.807) is 24.3 Å². The van der Waals surface area contributed by atoms with Crippen LogP contribution in [0.1, 0.15) is 10.5 Å². The number of imidazole rings is 1. The summed E-state index contributed by atoms with van der Waals surface area (Å²) in [4.78, 5) is 24.1. The molecule has 0 aliphatic heterocycles. The molecular weight excluding hydrogens is 320 g/mol. The maximum absolute atomic E-state index is 12.7. The number of hydrogen-bond donors (Lipinski definition) is 1. The second-order valence-corrected chi connectivity index (χ2v) is 5.36. The van der Waals surface area contributed by atoms with E-state index in [2.05, 4.69) is 10.4 Å². The minimum atomic E-state index is -2.56. The molecule has 2 aromatic heterocycles. The van der Waals surface area contributed by atoms with Crippen LogP contribution in [0.25, 0.3) is 10.9 Å². The summed E-state index contributed by atoms with van der Waals surface area (Å²) in [5, 5.41) is 7.20. The zero-order valence-electron chi connectivity index (χ0n) is 13.0. The molecule has 0 atom stereocenters. The largest absolute Gasteiger partial charge is 0.328 e. The van der Waals surface area contributed by atoms with Crippen LogP contribution < -0.4 is 11.0 Å². The van der Waals surface area contributed by atoms with Gasteiger partial charge in [0, 0.05) is 25.7 Å². The van der Waals surface area contributed by atoms with Crippen molar-refractivity contribution in [2.75, 3.05) is 5.32 Å². The highest BCUT2D eigenvalue weighted by atomic mass is 19.3. The molecule has 24 heavy (non-hydrogen) atoms. The first kappa shape index (κ1) is 15.9. The number of aromatic nitrogens is 4. The summed E-state index contributed by atoms with van der Waals surface area (Å²) < 4.78 is 29.0. The molecule has 0 aliphatic carbocycles. The first-order valence-electron chi connectivity index (χ1n) is 7.16. The Morgan fingerprint density at radius 2 is 2.00 bits per heavy atom. The Morgan fingerprint density at radius 3 is 2.62 bits per heavy atom. The minimum Gasteiger partial charge on any atom is -0.303 e. The lowest BCUT2D eigenvalue weighted by Crippen LogP contribution is -2.23. The Balaban J connectivity index is 1.99. The number of nitrogens with zero attached hydrogens (tertiary/aromatic N) is 4. The Bertz CT molecular complexity index is 970. The molecule has 0 fully saturated rings. The average Bonchev–Trinajstić information content (AvgIpc) is 3.00. The fourth-order valence-corrected chi connectivity index (χ4v) is 2.54. The number of fused-ring (bicyclic) bond motifs is 1. The second kappa shape index (κ2) is 5.91. The number of carbonyl (C=O) groups excluding carboxylic acids is 1. The predicted molar refractivity (Wildman–Crippen MR) is 84.3 cm³/mol. The van der Waals surface area contributed by atoms with Gasteiger partial charge in [-0.05, 0) is 12.1 Å². The predicted octanol–water partition coefficient (Wildman–Crippen LogP) is 1.59. The van der Waals surface area contributed by atoms with Gasteiger partial charge >= 0.3 is 5.69 Å². The average molecular weight is 335 g/mol. The SMILES string of the molecule is Cn1cc(C(=O)Nc2nn(CC(F)F)c3ccccc23)n(C)c1=O. The van der Waals surface area contributed by atoms with Crippen LogP contribution >= 0.6 is 0 Å². The zero-order valence-corrected chi connectivity index (χ0v) is 13.0. The molecule has 0 unspecified atom stereocenters. The van der Waals surface area contributed by atoms with Crippen molar-refractivity contribution in [3.63, 3.8) is 0 Å². The third-order valence-corrected chi connectivity index (χ3v) is 3.70. The molecule has 1 N–H and O–H groups in total. The number of hydrogen-bond acceptors (Lipinski definition) is 3. The van der Waals surface area contributed by atoms with E-state index in [0.29, 0.717) is 10.9 Å². The van der Waals surface area contributed by atoms with Gasteiger partial charge in [0.05, 0.1) is 5.52 Å². The highest BCUT2D eigenvalue weighted by Crippen LogP contribution is 2.23. The van der Waals surface area contributed by atoms with Gasteiger partial charge in [0.25, 0.3) is 12.3 Å². The van der Waals surface area contributed by atoms with Crippen molar-refractivity contribution in [2.45, 2.75) is 13.0 Å². The topological polar surface area (TPSA) is 73.8 Å². The van der Waals surface area contributed by atoms with Crippen molar-refractivity contribution in [3.8, 4) is 0 Å². The second-order valence-electron chi connectivity index (χ2n) is 5.36. The van der Waals surface area contributed by atoms with E-state index in [9.17, 15) is 18.4 Å². The number of carbonyl (C=O) groups is 1. The van der Waals surface area contributed by atoms with E-state index < -0.39 is 18.9 Å². The Hall–Kier alpha value is -2.97. The van der Waals surface area contributed by atoms with E-state index in [-0.39, 0.29) is 17.2 Å². The molecule has 1 amide bonds. The molecular formula is C15H15F2N5O2. The van der Waals surface area contributed by atoms with Gasteiger partial charge in [0.15, 0.2) is 5.82 Å². The maximum atomic E-state index is 12.7. The van der Waals surface area contributed by atoms with Gasteiger partial charge in [-0.2, -0.15) is 5.10 Å². The van der Waals surface area contributed by atoms with E-state index >= 15 is 0 Å². The van der Waals surface area contributed by atoms with Gasteiger partial charge in [-0.3, -0.25) is 14.0 Å². The molecule has 0 aliphatic rings. The lowest BCUT2D eigenvalue weighted by Gasteiger charge is -2.02. The zero-order chi connectivity index (χ0) is 17.4. The molecule has 0 bridgehead atoms. The van der Waals surface area contributed by atoms with E-state index in [4.69, 9.17) is 0 Å². The molecule has 9 heteroatoms. The standard InChI is InChI=1S/C15H15F2N5O2/c1-20-7-11(21(2)15(20)24)14(23)18-13-9-5-3-4-6-10(9)22(19-13)8-12(16)17/h3-7,12H,8H2,1-2H3,(H,18,19,23). The Morgan fingerprint density at radius 1 is 1.29 bits per heavy atom. The van der Waals surface area contributed by atoms with Gasteiger partial charge in [-0.15, -0.1) is 0 Å². The summed E-state index contributed by atoms with van der Waals surface area (Å²) in [6.07, 6.45) is -1.16. The van der Waals surface area contributed by atoms with Crippen molar-refractivity contribution < 1.29 is 13.6 Å². The first-order chi connectivity index (χ1) is 11.4. The van der Waals surface area contributed by atoms with Crippen LogP contribution in [0.5, 0.6) is 0 Å². The van der Waals surface area contributed by atoms with Crippen molar-refractivity contribution in [1.29, 1.82) is 0 Å². The van der Waals surface area contributed by atoms with Gasteiger partial charge in [0.2, 0.25) is 0 Å². The van der Waals surface area contributed by atoms with E-state index in [1.165, 1.54) is 29.4 Å². The van der Waals surface area contributed by atoms with Crippen LogP contribution in [0, 0.1) is 0 Å². The van der Waals surface area contributed by atoms with Crippen molar-refractivity contribution >= 4 is 22.6 Å². The smallest absolute Gasteiger partial charge is 0.303 e. The van der Waals surface area contributed by atoms with E-state index in [0.717, 1.165) is 4.68 Å². The highest BCUT2D eigenvalue weighted by Gasteiger charge is 2.18. The molecule has 1 aromatic carbocycles. The molecule has 2 heterocycles. The van der Waals surface area contributed by atoms with Gasteiger partial charge < -0.3 is 9.88 Å². The number of para-hydroxylation sites is 1. The molecule has 0 saturated carbocycles.